The van der Waals surface area contributed by atoms with E-state index in [-0.39, 0.29) is 17.9 Å². The lowest BCUT2D eigenvalue weighted by atomic mass is 9.97. The van der Waals surface area contributed by atoms with Crippen LogP contribution in [0.15, 0.2) is 103 Å². The predicted octanol–water partition coefficient (Wildman–Crippen LogP) is 7.33. The van der Waals surface area contributed by atoms with Crippen molar-refractivity contribution in [3.05, 3.63) is 115 Å². The second-order valence-electron chi connectivity index (χ2n) is 11.9. The van der Waals surface area contributed by atoms with E-state index in [0.717, 1.165) is 17.7 Å². The summed E-state index contributed by atoms with van der Waals surface area (Å²) in [5.41, 5.74) is 4.59. The van der Waals surface area contributed by atoms with E-state index in [9.17, 15) is 9.59 Å². The first-order valence-corrected chi connectivity index (χ1v) is 14.7. The normalized spacial score (nSPS) is 12.0. The van der Waals surface area contributed by atoms with Crippen LogP contribution >= 0.6 is 0 Å². The van der Waals surface area contributed by atoms with Crippen LogP contribution in [-0.2, 0) is 22.5 Å². The summed E-state index contributed by atoms with van der Waals surface area (Å²) in [6.07, 6.45) is 4.10. The first kappa shape index (κ1) is 31.3. The number of nitrogens with one attached hydrogen (secondary N) is 2. The van der Waals surface area contributed by atoms with Gasteiger partial charge in [0.05, 0.1) is 24.5 Å². The number of urea groups is 1. The molecule has 224 valence electrons. The Hall–Kier alpha value is -4.65. The molecular formula is C36H42N3O4+. The van der Waals surface area contributed by atoms with Crippen molar-refractivity contribution in [2.75, 3.05) is 11.9 Å². The largest absolute Gasteiger partial charge is 0.493 e. The number of amides is 2. The van der Waals surface area contributed by atoms with Crippen molar-refractivity contribution in [1.29, 1.82) is 0 Å². The Bertz CT molecular complexity index is 1500. The summed E-state index contributed by atoms with van der Waals surface area (Å²) in [5, 5.41) is 5.75. The highest BCUT2D eigenvalue weighted by Gasteiger charge is 2.32. The van der Waals surface area contributed by atoms with E-state index in [4.69, 9.17) is 9.47 Å². The molecule has 0 radical (unpaired) electrons. The molecule has 4 rings (SSSR count). The maximum absolute atomic E-state index is 12.6. The number of nitrogens with zero attached hydrogens (tertiary/aromatic N) is 1. The third kappa shape index (κ3) is 9.17. The fourth-order valence-electron chi connectivity index (χ4n) is 4.54. The second-order valence-corrected chi connectivity index (χ2v) is 11.9. The Kier molecular flexibility index (Phi) is 10.5. The van der Waals surface area contributed by atoms with Crippen LogP contribution in [0.1, 0.15) is 52.0 Å². The average molecular weight is 581 g/mol. The molecule has 1 aromatic heterocycles. The van der Waals surface area contributed by atoms with Gasteiger partial charge in [0.1, 0.15) is 5.75 Å². The van der Waals surface area contributed by atoms with Crippen molar-refractivity contribution in [1.82, 2.24) is 5.32 Å². The van der Waals surface area contributed by atoms with Gasteiger partial charge in [-0.2, -0.15) is 4.57 Å². The van der Waals surface area contributed by atoms with Crippen LogP contribution in [0.25, 0.3) is 11.1 Å². The number of anilines is 1. The maximum Gasteiger partial charge on any atom is 0.319 e. The number of rotatable bonds is 11. The number of esters is 1. The van der Waals surface area contributed by atoms with Gasteiger partial charge in [-0.25, -0.2) is 4.79 Å². The number of benzene rings is 3. The molecule has 0 fully saturated rings. The molecule has 4 aromatic rings. The van der Waals surface area contributed by atoms with Crippen molar-refractivity contribution >= 4 is 17.7 Å². The zero-order chi connectivity index (χ0) is 30.8. The topological polar surface area (TPSA) is 80.5 Å². The predicted molar refractivity (Wildman–Crippen MR) is 169 cm³/mol. The van der Waals surface area contributed by atoms with Crippen LogP contribution in [0.4, 0.5) is 10.5 Å². The van der Waals surface area contributed by atoms with Gasteiger partial charge in [0.25, 0.3) is 0 Å². The van der Waals surface area contributed by atoms with E-state index < -0.39 is 11.6 Å². The highest BCUT2D eigenvalue weighted by molar-refractivity contribution is 5.89. The third-order valence-corrected chi connectivity index (χ3v) is 6.90. The number of aromatic nitrogens is 1. The van der Waals surface area contributed by atoms with Gasteiger partial charge in [-0.3, -0.25) is 4.79 Å². The Labute approximate surface area is 254 Å². The van der Waals surface area contributed by atoms with Crippen LogP contribution in [0.2, 0.25) is 0 Å². The van der Waals surface area contributed by atoms with Gasteiger partial charge in [0.2, 0.25) is 0 Å². The molecule has 0 aliphatic rings. The van der Waals surface area contributed by atoms with E-state index in [1.807, 2.05) is 106 Å². The Morgan fingerprint density at radius 2 is 1.56 bits per heavy atom. The summed E-state index contributed by atoms with van der Waals surface area (Å²) in [6, 6.07) is 29.6. The first-order chi connectivity index (χ1) is 20.6. The fourth-order valence-corrected chi connectivity index (χ4v) is 4.54. The molecule has 1 atom stereocenters. The summed E-state index contributed by atoms with van der Waals surface area (Å²) < 4.78 is 13.7. The summed E-state index contributed by atoms with van der Waals surface area (Å²) in [6.45, 7) is 10.4. The van der Waals surface area contributed by atoms with E-state index >= 15 is 0 Å². The van der Waals surface area contributed by atoms with Crippen LogP contribution in [0, 0.1) is 11.3 Å². The molecule has 1 heterocycles. The zero-order valence-corrected chi connectivity index (χ0v) is 25.7. The highest BCUT2D eigenvalue weighted by Crippen LogP contribution is 2.25. The number of carbonyl (C=O) groups is 2. The van der Waals surface area contributed by atoms with Gasteiger partial charge >= 0.3 is 18.2 Å². The van der Waals surface area contributed by atoms with Crippen LogP contribution < -0.4 is 19.9 Å². The van der Waals surface area contributed by atoms with E-state index in [0.29, 0.717) is 18.8 Å². The molecule has 0 spiro atoms. The van der Waals surface area contributed by atoms with Gasteiger partial charge in [-0.15, -0.1) is 0 Å². The second kappa shape index (κ2) is 14.5. The average Bonchev–Trinajstić information content (AvgIpc) is 3.00. The molecular weight excluding hydrogens is 538 g/mol. The number of hydrogen-bond acceptors (Lipinski definition) is 4. The lowest BCUT2D eigenvalue weighted by Gasteiger charge is -2.22. The molecule has 7 nitrogen and oxygen atoms in total. The number of hydrogen-bond donors (Lipinski definition) is 2. The number of pyridine rings is 1. The lowest BCUT2D eigenvalue weighted by Crippen LogP contribution is -2.46. The van der Waals surface area contributed by atoms with Crippen molar-refractivity contribution in [3.63, 3.8) is 0 Å². The van der Waals surface area contributed by atoms with Gasteiger partial charge in [-0.05, 0) is 67.8 Å². The van der Waals surface area contributed by atoms with Gasteiger partial charge in [0.15, 0.2) is 12.4 Å². The minimum atomic E-state index is -0.593. The summed E-state index contributed by atoms with van der Waals surface area (Å²) in [7, 11) is 0. The quantitative estimate of drug-likeness (QED) is 0.144. The van der Waals surface area contributed by atoms with Gasteiger partial charge in [-0.1, -0.05) is 68.4 Å². The Balaban J connectivity index is 1.26. The van der Waals surface area contributed by atoms with E-state index in [1.165, 1.54) is 16.7 Å². The van der Waals surface area contributed by atoms with Crippen molar-refractivity contribution in [2.45, 2.75) is 53.8 Å². The minimum Gasteiger partial charge on any atom is -0.493 e. The summed E-state index contributed by atoms with van der Waals surface area (Å²) >= 11 is 0. The molecule has 7 heteroatoms. The van der Waals surface area contributed by atoms with Gasteiger partial charge < -0.3 is 20.1 Å². The summed E-state index contributed by atoms with van der Waals surface area (Å²) in [4.78, 5) is 25.1. The van der Waals surface area contributed by atoms with Crippen molar-refractivity contribution in [3.8, 4) is 16.9 Å². The molecule has 0 saturated carbocycles. The third-order valence-electron chi connectivity index (χ3n) is 6.90. The van der Waals surface area contributed by atoms with Crippen molar-refractivity contribution in [2.24, 2.45) is 11.3 Å². The molecule has 0 bridgehead atoms. The Morgan fingerprint density at radius 1 is 0.860 bits per heavy atom. The van der Waals surface area contributed by atoms with Crippen LogP contribution in [-0.4, -0.2) is 18.6 Å². The molecule has 0 aliphatic carbocycles. The van der Waals surface area contributed by atoms with Crippen LogP contribution in [0.3, 0.4) is 0 Å². The van der Waals surface area contributed by atoms with E-state index in [1.54, 1.807) is 0 Å². The smallest absolute Gasteiger partial charge is 0.319 e. The highest BCUT2D eigenvalue weighted by atomic mass is 16.6. The Morgan fingerprint density at radius 3 is 2.26 bits per heavy atom. The molecule has 2 amide bonds. The number of ether oxygens (including phenoxy) is 2. The maximum atomic E-state index is 12.6. The number of carbonyl (C=O) groups excluding carboxylic acids is 2. The van der Waals surface area contributed by atoms with E-state index in [2.05, 4.69) is 47.0 Å². The molecule has 2 N–H and O–H groups in total. The summed E-state index contributed by atoms with van der Waals surface area (Å²) in [5.74, 6) is 0.551. The fraction of sp³-hybridized carbons (Fsp3) is 0.306. The minimum absolute atomic E-state index is 0.0693. The lowest BCUT2D eigenvalue weighted by molar-refractivity contribution is -0.764. The van der Waals surface area contributed by atoms with Gasteiger partial charge in [0, 0.05) is 23.7 Å². The van der Waals surface area contributed by atoms with Crippen LogP contribution in [0.5, 0.6) is 5.75 Å². The van der Waals surface area contributed by atoms with Crippen molar-refractivity contribution < 1.29 is 23.6 Å². The SMILES string of the molecule is CC(C)C(OC(=O)C(C)(C)C)[n+]1cccc(CNC(=O)Nc2ccc(OCCc3ccccc3-c3ccccc3)cc2)c1. The molecule has 0 aliphatic heterocycles. The molecule has 3 aromatic carbocycles. The first-order valence-electron chi connectivity index (χ1n) is 14.7. The molecule has 0 saturated heterocycles. The molecule has 1 unspecified atom stereocenters. The zero-order valence-electron chi connectivity index (χ0n) is 25.7. The monoisotopic (exact) mass is 580 g/mol. The molecule has 43 heavy (non-hydrogen) atoms. The standard InChI is InChI=1S/C36H41N3O4/c1-26(2)33(43-34(40)36(3,4)5)39-22-11-12-27(25-39)24-37-35(41)38-30-17-19-31(20-18-30)42-23-21-29-15-9-10-16-32(29)28-13-7-6-8-14-28/h6-20,22,25-26,33H,21,23-24H2,1-5H3,(H-,37,38,41)/p+1.